The van der Waals surface area contributed by atoms with E-state index >= 15 is 0 Å². The van der Waals surface area contributed by atoms with E-state index in [0.29, 0.717) is 33.1 Å². The molecule has 0 fully saturated rings. The highest BCUT2D eigenvalue weighted by atomic mass is 16.3. The van der Waals surface area contributed by atoms with Crippen LogP contribution < -0.4 is 0 Å². The Hall–Kier alpha value is -4.82. The molecule has 0 radical (unpaired) electrons. The van der Waals surface area contributed by atoms with Crippen molar-refractivity contribution >= 4 is 54.5 Å². The molecule has 2 aromatic heterocycles. The predicted octanol–water partition coefficient (Wildman–Crippen LogP) is 9.97. The summed E-state index contributed by atoms with van der Waals surface area (Å²) in [6.45, 7) is 0. The smallest absolute Gasteiger partial charge is 0.145 e. The fraction of sp³-hybridized carbons (Fsp3) is 0. The summed E-state index contributed by atoms with van der Waals surface area (Å²) in [6, 6.07) is 1.96. The molecular weight excluding hydrogens is 440 g/mol. The van der Waals surface area contributed by atoms with Crippen LogP contribution in [0.5, 0.6) is 0 Å². The molecular formula is C34H20O2. The Labute approximate surface area is 225 Å². The van der Waals surface area contributed by atoms with E-state index < -0.39 is 84.1 Å². The van der Waals surface area contributed by atoms with Gasteiger partial charge in [-0.15, -0.1) is 0 Å². The van der Waals surface area contributed by atoms with E-state index in [4.69, 9.17) is 26.7 Å². The molecule has 36 heavy (non-hydrogen) atoms. The second kappa shape index (κ2) is 7.34. The Morgan fingerprint density at radius 2 is 1.14 bits per heavy atom. The second-order valence-electron chi connectivity index (χ2n) is 8.34. The molecule has 0 aliphatic rings. The third-order valence-electron chi connectivity index (χ3n) is 6.47. The number of hydrogen-bond donors (Lipinski definition) is 0. The van der Waals surface area contributed by atoms with Crippen LogP contribution in [-0.4, -0.2) is 0 Å². The van der Waals surface area contributed by atoms with Gasteiger partial charge in [0.05, 0.1) is 29.5 Å². The van der Waals surface area contributed by atoms with Gasteiger partial charge in [0, 0.05) is 10.8 Å². The minimum Gasteiger partial charge on any atom is -0.464 e. The SMILES string of the molecule is [2H]c1c([2H])c([2H])c(-c2c3c([2H])c([2H])c([2H])c([2H])c3c(-c3ccc4oc5ccc6ccoc6c5c4c3)c3c([2H])c([2H])c([2H])c([2H])c23)c([2H])c1[2H]. The molecule has 0 N–H and O–H groups in total. The Bertz CT molecular complexity index is 2710. The molecule has 6 aromatic carbocycles. The maximum absolute atomic E-state index is 9.13. The van der Waals surface area contributed by atoms with Crippen molar-refractivity contribution in [2.45, 2.75) is 0 Å². The third-order valence-corrected chi connectivity index (χ3v) is 6.47. The van der Waals surface area contributed by atoms with Crippen molar-refractivity contribution < 1.29 is 26.7 Å². The van der Waals surface area contributed by atoms with E-state index in [1.165, 1.54) is 6.26 Å². The van der Waals surface area contributed by atoms with Gasteiger partial charge in [-0.2, -0.15) is 0 Å². The summed E-state index contributed by atoms with van der Waals surface area (Å²) in [5.41, 5.74) is 1.11. The van der Waals surface area contributed by atoms with Crippen LogP contribution in [0.25, 0.3) is 76.7 Å². The van der Waals surface area contributed by atoms with Crippen LogP contribution in [0.2, 0.25) is 0 Å². The number of hydrogen-bond acceptors (Lipinski definition) is 2. The van der Waals surface area contributed by atoms with Crippen LogP contribution in [0.3, 0.4) is 0 Å². The van der Waals surface area contributed by atoms with Crippen LogP contribution in [0, 0.1) is 0 Å². The van der Waals surface area contributed by atoms with Crippen molar-refractivity contribution in [1.29, 1.82) is 0 Å². The molecule has 168 valence electrons. The molecule has 0 unspecified atom stereocenters. The first kappa shape index (κ1) is 10.8. The van der Waals surface area contributed by atoms with Crippen molar-refractivity contribution in [3.8, 4) is 22.3 Å². The fourth-order valence-corrected chi connectivity index (χ4v) is 4.98. The summed E-state index contributed by atoms with van der Waals surface area (Å²) in [5.74, 6) is 0. The molecule has 2 nitrogen and oxygen atoms in total. The van der Waals surface area contributed by atoms with Crippen LogP contribution in [-0.2, 0) is 0 Å². The van der Waals surface area contributed by atoms with Gasteiger partial charge in [0.2, 0.25) is 0 Å². The van der Waals surface area contributed by atoms with Crippen LogP contribution in [0.4, 0.5) is 0 Å². The average Bonchev–Trinajstić information content (AvgIpc) is 3.73. The summed E-state index contributed by atoms with van der Waals surface area (Å²) in [6.07, 6.45) is 1.54. The average molecular weight is 474 g/mol. The van der Waals surface area contributed by atoms with Crippen LogP contribution in [0.15, 0.2) is 130 Å². The van der Waals surface area contributed by atoms with Crippen LogP contribution >= 0.6 is 0 Å². The van der Waals surface area contributed by atoms with E-state index in [0.717, 1.165) is 5.39 Å². The molecule has 0 bridgehead atoms. The van der Waals surface area contributed by atoms with Gasteiger partial charge in [-0.05, 0) is 74.1 Å². The monoisotopic (exact) mass is 473 g/mol. The van der Waals surface area contributed by atoms with Gasteiger partial charge >= 0.3 is 0 Å². The van der Waals surface area contributed by atoms with Crippen molar-refractivity contribution in [3.63, 3.8) is 0 Å². The van der Waals surface area contributed by atoms with Gasteiger partial charge < -0.3 is 8.83 Å². The Morgan fingerprint density at radius 1 is 0.528 bits per heavy atom. The van der Waals surface area contributed by atoms with E-state index in [1.54, 1.807) is 30.3 Å². The van der Waals surface area contributed by atoms with E-state index in [-0.39, 0.29) is 32.7 Å². The van der Waals surface area contributed by atoms with Crippen molar-refractivity contribution in [2.75, 3.05) is 0 Å². The lowest BCUT2D eigenvalue weighted by atomic mass is 9.86. The zero-order valence-corrected chi connectivity index (χ0v) is 18.4. The lowest BCUT2D eigenvalue weighted by Gasteiger charge is -2.17. The van der Waals surface area contributed by atoms with Gasteiger partial charge in [-0.3, -0.25) is 0 Å². The zero-order chi connectivity index (χ0) is 35.0. The third kappa shape index (κ3) is 2.67. The van der Waals surface area contributed by atoms with E-state index in [9.17, 15) is 0 Å². The normalized spacial score (nSPS) is 16.9. The summed E-state index contributed by atoms with van der Waals surface area (Å²) >= 11 is 0. The summed E-state index contributed by atoms with van der Waals surface area (Å²) < 4.78 is 125. The number of rotatable bonds is 2. The maximum atomic E-state index is 9.13. The molecule has 8 aromatic rings. The second-order valence-corrected chi connectivity index (χ2v) is 8.34. The topological polar surface area (TPSA) is 26.3 Å². The Morgan fingerprint density at radius 3 is 1.83 bits per heavy atom. The molecule has 0 aliphatic heterocycles. The number of benzene rings is 6. The largest absolute Gasteiger partial charge is 0.464 e. The fourth-order valence-electron chi connectivity index (χ4n) is 4.98. The molecule has 8 rings (SSSR count). The van der Waals surface area contributed by atoms with Gasteiger partial charge in [0.25, 0.3) is 0 Å². The number of fused-ring (bicyclic) bond motifs is 7. The summed E-state index contributed by atoms with van der Waals surface area (Å²) in [4.78, 5) is 0. The maximum Gasteiger partial charge on any atom is 0.145 e. The Kier molecular flexibility index (Phi) is 2.21. The quantitative estimate of drug-likeness (QED) is 0.233. The summed E-state index contributed by atoms with van der Waals surface area (Å²) in [5, 5.41) is 1.19. The summed E-state index contributed by atoms with van der Waals surface area (Å²) in [7, 11) is 0. The molecule has 0 aliphatic carbocycles. The zero-order valence-electron chi connectivity index (χ0n) is 31.4. The van der Waals surface area contributed by atoms with E-state index in [2.05, 4.69) is 0 Å². The standard InChI is InChI=1S/C34H20O2/c1-2-8-21(9-3-1)31-24-10-4-6-12-26(24)32(27-13-7-5-11-25(27)31)23-15-16-29-28(20-23)33-30(36-29)17-14-22-18-19-35-34(22)33/h1-20H/i1D,2D,3D,4D,5D,6D,7D,8D,9D,10D,11D,12D,13D. The molecule has 2 heteroatoms. The minimum absolute atomic E-state index is 0.0444. The lowest BCUT2D eigenvalue weighted by molar-refractivity contribution is 0.618. The first-order chi connectivity index (χ1) is 23.3. The Balaban J connectivity index is 1.69. The van der Waals surface area contributed by atoms with E-state index in [1.807, 2.05) is 6.07 Å². The van der Waals surface area contributed by atoms with Gasteiger partial charge in [0.15, 0.2) is 0 Å². The van der Waals surface area contributed by atoms with Crippen molar-refractivity contribution in [1.82, 2.24) is 0 Å². The van der Waals surface area contributed by atoms with Gasteiger partial charge in [-0.1, -0.05) is 84.6 Å². The molecule has 0 saturated heterocycles. The highest BCUT2D eigenvalue weighted by molar-refractivity contribution is 6.23. The first-order valence-corrected chi connectivity index (χ1v) is 11.1. The molecule has 0 atom stereocenters. The lowest BCUT2D eigenvalue weighted by Crippen LogP contribution is -1.90. The minimum atomic E-state index is -0.718. The van der Waals surface area contributed by atoms with Gasteiger partial charge in [0.1, 0.15) is 16.7 Å². The molecule has 0 spiro atoms. The van der Waals surface area contributed by atoms with Crippen LogP contribution in [0.1, 0.15) is 17.8 Å². The highest BCUT2D eigenvalue weighted by Crippen LogP contribution is 2.45. The first-order valence-electron chi connectivity index (χ1n) is 17.6. The molecule has 0 saturated carbocycles. The van der Waals surface area contributed by atoms with Crippen molar-refractivity contribution in [3.05, 3.63) is 121 Å². The van der Waals surface area contributed by atoms with Gasteiger partial charge in [-0.25, -0.2) is 0 Å². The molecule has 2 heterocycles. The molecule has 0 amide bonds. The number of furan rings is 2. The highest BCUT2D eigenvalue weighted by Gasteiger charge is 2.18. The van der Waals surface area contributed by atoms with Crippen molar-refractivity contribution in [2.24, 2.45) is 0 Å². The predicted molar refractivity (Wildman–Crippen MR) is 149 cm³/mol.